The van der Waals surface area contributed by atoms with Gasteiger partial charge in [-0.15, -0.1) is 0 Å². The molecule has 2 aliphatic rings. The lowest BCUT2D eigenvalue weighted by Crippen LogP contribution is -2.44. The Balaban J connectivity index is 1.49. The van der Waals surface area contributed by atoms with E-state index in [-0.39, 0.29) is 29.5 Å². The number of carbonyl (C=O) groups excluding carboxylic acids is 2. The van der Waals surface area contributed by atoms with E-state index in [1.807, 2.05) is 4.90 Å². The Hall–Kier alpha value is -1.91. The number of piperidine rings is 1. The molecular formula is C19H25FN2O2. The van der Waals surface area contributed by atoms with Crippen LogP contribution in [0.5, 0.6) is 0 Å². The summed E-state index contributed by atoms with van der Waals surface area (Å²) in [7, 11) is 0. The molecule has 1 aliphatic heterocycles. The van der Waals surface area contributed by atoms with Crippen molar-refractivity contribution in [2.75, 3.05) is 18.4 Å². The molecular weight excluding hydrogens is 307 g/mol. The third-order valence-electron chi connectivity index (χ3n) is 5.22. The Bertz CT molecular complexity index is 591. The molecule has 3 rings (SSSR count). The summed E-state index contributed by atoms with van der Waals surface area (Å²) in [6, 6.07) is 5.93. The lowest BCUT2D eigenvalue weighted by molar-refractivity contribution is -0.139. The summed E-state index contributed by atoms with van der Waals surface area (Å²) in [5.41, 5.74) is 0.487. The van der Waals surface area contributed by atoms with Gasteiger partial charge in [-0.05, 0) is 43.9 Å². The van der Waals surface area contributed by atoms with Gasteiger partial charge in [0.25, 0.3) is 0 Å². The lowest BCUT2D eigenvalue weighted by atomic mass is 9.87. The molecule has 1 saturated carbocycles. The lowest BCUT2D eigenvalue weighted by Gasteiger charge is -2.34. The predicted molar refractivity (Wildman–Crippen MR) is 90.9 cm³/mol. The van der Waals surface area contributed by atoms with Crippen LogP contribution in [-0.4, -0.2) is 29.8 Å². The Morgan fingerprint density at radius 3 is 2.38 bits per heavy atom. The molecule has 2 fully saturated rings. The molecule has 0 radical (unpaired) electrons. The Morgan fingerprint density at radius 1 is 1.00 bits per heavy atom. The van der Waals surface area contributed by atoms with E-state index in [0.29, 0.717) is 31.6 Å². The van der Waals surface area contributed by atoms with Gasteiger partial charge in [0.2, 0.25) is 11.8 Å². The smallest absolute Gasteiger partial charge is 0.227 e. The highest BCUT2D eigenvalue weighted by molar-refractivity contribution is 5.92. The summed E-state index contributed by atoms with van der Waals surface area (Å²) in [4.78, 5) is 26.8. The third-order valence-corrected chi connectivity index (χ3v) is 5.22. The molecule has 5 heteroatoms. The molecule has 4 nitrogen and oxygen atoms in total. The average molecular weight is 332 g/mol. The van der Waals surface area contributed by atoms with Crippen molar-refractivity contribution >= 4 is 17.5 Å². The molecule has 0 spiro atoms. The Kier molecular flexibility index (Phi) is 5.48. The molecule has 1 heterocycles. The van der Waals surface area contributed by atoms with Gasteiger partial charge in [-0.2, -0.15) is 0 Å². The van der Waals surface area contributed by atoms with Gasteiger partial charge < -0.3 is 10.2 Å². The van der Waals surface area contributed by atoms with Crippen molar-refractivity contribution in [2.24, 2.45) is 11.8 Å². The molecule has 1 N–H and O–H groups in total. The van der Waals surface area contributed by atoms with Crippen molar-refractivity contribution in [1.82, 2.24) is 4.90 Å². The van der Waals surface area contributed by atoms with E-state index in [2.05, 4.69) is 5.32 Å². The fourth-order valence-electron chi connectivity index (χ4n) is 3.78. The highest BCUT2D eigenvalue weighted by Crippen LogP contribution is 2.28. The van der Waals surface area contributed by atoms with Crippen LogP contribution >= 0.6 is 0 Å². The number of rotatable bonds is 3. The van der Waals surface area contributed by atoms with Gasteiger partial charge in [0.1, 0.15) is 5.82 Å². The number of nitrogens with one attached hydrogen (secondary N) is 1. The van der Waals surface area contributed by atoms with E-state index in [9.17, 15) is 14.0 Å². The molecule has 0 unspecified atom stereocenters. The molecule has 24 heavy (non-hydrogen) atoms. The van der Waals surface area contributed by atoms with Crippen molar-refractivity contribution < 1.29 is 14.0 Å². The van der Waals surface area contributed by atoms with Crippen molar-refractivity contribution in [2.45, 2.75) is 44.9 Å². The number of benzene rings is 1. The number of hydrogen-bond acceptors (Lipinski definition) is 2. The van der Waals surface area contributed by atoms with Crippen LogP contribution in [0.4, 0.5) is 10.1 Å². The minimum Gasteiger partial charge on any atom is -0.342 e. The van der Waals surface area contributed by atoms with Gasteiger partial charge in [0, 0.05) is 30.6 Å². The highest BCUT2D eigenvalue weighted by Gasteiger charge is 2.31. The van der Waals surface area contributed by atoms with Gasteiger partial charge in [0.05, 0.1) is 0 Å². The minimum absolute atomic E-state index is 0.0784. The first-order chi connectivity index (χ1) is 11.6. The summed E-state index contributed by atoms with van der Waals surface area (Å²) in [5, 5.41) is 2.78. The van der Waals surface area contributed by atoms with Gasteiger partial charge in [0.15, 0.2) is 0 Å². The van der Waals surface area contributed by atoms with E-state index < -0.39 is 0 Å². The van der Waals surface area contributed by atoms with E-state index in [1.54, 1.807) is 12.1 Å². The normalized spacial score (nSPS) is 20.0. The highest BCUT2D eigenvalue weighted by atomic mass is 19.1. The van der Waals surface area contributed by atoms with E-state index in [1.165, 1.54) is 18.6 Å². The molecule has 0 aromatic heterocycles. The van der Waals surface area contributed by atoms with Gasteiger partial charge in [-0.1, -0.05) is 25.3 Å². The van der Waals surface area contributed by atoms with Crippen LogP contribution in [0.1, 0.15) is 44.9 Å². The zero-order chi connectivity index (χ0) is 16.9. The largest absolute Gasteiger partial charge is 0.342 e. The summed E-state index contributed by atoms with van der Waals surface area (Å²) >= 11 is 0. The molecule has 0 atom stereocenters. The molecule has 2 amide bonds. The number of hydrogen-bond donors (Lipinski definition) is 1. The predicted octanol–water partition coefficient (Wildman–Crippen LogP) is 3.58. The molecule has 0 bridgehead atoms. The second-order valence-corrected chi connectivity index (χ2v) is 6.93. The summed E-state index contributed by atoms with van der Waals surface area (Å²) < 4.78 is 13.2. The average Bonchev–Trinajstić information content (AvgIpc) is 2.62. The molecule has 1 aliphatic carbocycles. The number of halogens is 1. The van der Waals surface area contributed by atoms with E-state index in [4.69, 9.17) is 0 Å². The Morgan fingerprint density at radius 2 is 1.71 bits per heavy atom. The van der Waals surface area contributed by atoms with Crippen molar-refractivity contribution in [1.29, 1.82) is 0 Å². The summed E-state index contributed by atoms with van der Waals surface area (Å²) in [6.45, 7) is 1.30. The van der Waals surface area contributed by atoms with Gasteiger partial charge in [-0.3, -0.25) is 9.59 Å². The van der Waals surface area contributed by atoms with Crippen LogP contribution in [0.15, 0.2) is 24.3 Å². The first kappa shape index (κ1) is 16.9. The molecule has 1 saturated heterocycles. The molecule has 1 aromatic rings. The van der Waals surface area contributed by atoms with Gasteiger partial charge in [-0.25, -0.2) is 4.39 Å². The van der Waals surface area contributed by atoms with Crippen molar-refractivity contribution in [3.8, 4) is 0 Å². The fraction of sp³-hybridized carbons (Fsp3) is 0.579. The van der Waals surface area contributed by atoms with Crippen molar-refractivity contribution in [3.63, 3.8) is 0 Å². The minimum atomic E-state index is -0.360. The van der Waals surface area contributed by atoms with Crippen LogP contribution in [0, 0.1) is 17.7 Å². The summed E-state index contributed by atoms with van der Waals surface area (Å²) in [5.74, 6) is -0.0788. The first-order valence-corrected chi connectivity index (χ1v) is 8.99. The second kappa shape index (κ2) is 7.77. The van der Waals surface area contributed by atoms with Crippen molar-refractivity contribution in [3.05, 3.63) is 30.1 Å². The van der Waals surface area contributed by atoms with E-state index >= 15 is 0 Å². The molecule has 1 aromatic carbocycles. The zero-order valence-electron chi connectivity index (χ0n) is 14.0. The van der Waals surface area contributed by atoms with Crippen LogP contribution < -0.4 is 5.32 Å². The van der Waals surface area contributed by atoms with Crippen LogP contribution in [0.2, 0.25) is 0 Å². The van der Waals surface area contributed by atoms with Crippen LogP contribution in [0.3, 0.4) is 0 Å². The summed E-state index contributed by atoms with van der Waals surface area (Å²) in [6.07, 6.45) is 6.94. The maximum Gasteiger partial charge on any atom is 0.227 e. The fourth-order valence-corrected chi connectivity index (χ4v) is 3.78. The number of amides is 2. The number of carbonyl (C=O) groups is 2. The molecule has 130 valence electrons. The monoisotopic (exact) mass is 332 g/mol. The first-order valence-electron chi connectivity index (χ1n) is 8.99. The van der Waals surface area contributed by atoms with Gasteiger partial charge >= 0.3 is 0 Å². The maximum atomic E-state index is 13.2. The Labute approximate surface area is 142 Å². The SMILES string of the molecule is O=C(Nc1cccc(F)c1)C1CCN(C(=O)C2CCCCC2)CC1. The second-order valence-electron chi connectivity index (χ2n) is 6.93. The standard InChI is InChI=1S/C19H25FN2O2/c20-16-7-4-8-17(13-16)21-18(23)14-9-11-22(12-10-14)19(24)15-5-2-1-3-6-15/h4,7-8,13-15H,1-3,5-6,9-12H2,(H,21,23). The number of nitrogens with zero attached hydrogens (tertiary/aromatic N) is 1. The number of likely N-dealkylation sites (tertiary alicyclic amines) is 1. The quantitative estimate of drug-likeness (QED) is 0.920. The third kappa shape index (κ3) is 4.13. The maximum absolute atomic E-state index is 13.2. The van der Waals surface area contributed by atoms with Crippen LogP contribution in [-0.2, 0) is 9.59 Å². The van der Waals surface area contributed by atoms with Crippen LogP contribution in [0.25, 0.3) is 0 Å². The zero-order valence-corrected chi connectivity index (χ0v) is 14.0. The number of anilines is 1. The van der Waals surface area contributed by atoms with E-state index in [0.717, 1.165) is 25.7 Å². The topological polar surface area (TPSA) is 49.4 Å².